The molecule has 0 aliphatic heterocycles. The average Bonchev–Trinajstić information content (AvgIpc) is 2.60. The number of amides is 1. The van der Waals surface area contributed by atoms with E-state index < -0.39 is 0 Å². The van der Waals surface area contributed by atoms with Crippen molar-refractivity contribution in [1.82, 2.24) is 4.98 Å². The molecule has 0 spiro atoms. The Morgan fingerprint density at radius 1 is 1.29 bits per heavy atom. The van der Waals surface area contributed by atoms with Crippen molar-refractivity contribution < 1.29 is 9.53 Å². The highest BCUT2D eigenvalue weighted by atomic mass is 16.5. The zero-order chi connectivity index (χ0) is 17.5. The lowest BCUT2D eigenvalue weighted by Gasteiger charge is -2.21. The van der Waals surface area contributed by atoms with Crippen LogP contribution in [0.1, 0.15) is 30.6 Å². The number of carbonyl (C=O) groups is 1. The van der Waals surface area contributed by atoms with E-state index in [-0.39, 0.29) is 5.91 Å². The van der Waals surface area contributed by atoms with Gasteiger partial charge in [-0.15, -0.1) is 0 Å². The van der Waals surface area contributed by atoms with Crippen LogP contribution in [-0.2, 0) is 0 Å². The van der Waals surface area contributed by atoms with Gasteiger partial charge >= 0.3 is 0 Å². The minimum atomic E-state index is -0.225. The predicted molar refractivity (Wildman–Crippen MR) is 97.8 cm³/mol. The lowest BCUT2D eigenvalue weighted by atomic mass is 10.2. The number of nitrogens with one attached hydrogen (secondary N) is 1. The first-order valence-corrected chi connectivity index (χ1v) is 8.04. The molecule has 0 unspecified atom stereocenters. The minimum Gasteiger partial charge on any atom is -0.495 e. The summed E-state index contributed by atoms with van der Waals surface area (Å²) in [6.45, 7) is 6.05. The summed E-state index contributed by atoms with van der Waals surface area (Å²) in [7, 11) is 1.55. The van der Waals surface area contributed by atoms with Gasteiger partial charge in [-0.1, -0.05) is 6.92 Å². The second-order valence-corrected chi connectivity index (χ2v) is 5.40. The molecule has 6 heteroatoms. The van der Waals surface area contributed by atoms with Crippen LogP contribution in [0.25, 0.3) is 0 Å². The molecular weight excluding hydrogens is 304 g/mol. The Hall–Kier alpha value is -2.76. The van der Waals surface area contributed by atoms with Gasteiger partial charge in [0.05, 0.1) is 18.4 Å². The number of nitrogens with two attached hydrogens (primary N) is 1. The van der Waals surface area contributed by atoms with Crippen molar-refractivity contribution in [2.45, 2.75) is 20.3 Å². The molecule has 1 aromatic heterocycles. The predicted octanol–water partition coefficient (Wildman–Crippen LogP) is 3.16. The number of hydrogen-bond acceptors (Lipinski definition) is 5. The van der Waals surface area contributed by atoms with Crippen LogP contribution in [0.3, 0.4) is 0 Å². The number of nitrogen functional groups attached to an aromatic ring is 1. The summed E-state index contributed by atoms with van der Waals surface area (Å²) < 4.78 is 5.10. The second-order valence-electron chi connectivity index (χ2n) is 5.40. The fourth-order valence-corrected chi connectivity index (χ4v) is 2.43. The third-order valence-corrected chi connectivity index (χ3v) is 3.70. The van der Waals surface area contributed by atoms with Gasteiger partial charge in [-0.3, -0.25) is 4.79 Å². The fraction of sp³-hybridized carbons (Fsp3) is 0.333. The number of nitrogens with zero attached hydrogens (tertiary/aromatic N) is 2. The van der Waals surface area contributed by atoms with Crippen molar-refractivity contribution in [3.63, 3.8) is 0 Å². The zero-order valence-corrected chi connectivity index (χ0v) is 14.4. The first-order chi connectivity index (χ1) is 11.6. The Morgan fingerprint density at radius 2 is 2.08 bits per heavy atom. The van der Waals surface area contributed by atoms with Gasteiger partial charge in [0.2, 0.25) is 0 Å². The van der Waals surface area contributed by atoms with Crippen LogP contribution >= 0.6 is 0 Å². The molecule has 3 N–H and O–H groups in total. The molecule has 2 aromatic rings. The molecule has 6 nitrogen and oxygen atoms in total. The smallest absolute Gasteiger partial charge is 0.257 e. The van der Waals surface area contributed by atoms with E-state index in [1.165, 1.54) is 0 Å². The van der Waals surface area contributed by atoms with Gasteiger partial charge in [-0.05, 0) is 43.7 Å². The molecule has 0 fully saturated rings. The zero-order valence-electron chi connectivity index (χ0n) is 14.4. The van der Waals surface area contributed by atoms with Crippen molar-refractivity contribution >= 4 is 23.1 Å². The third-order valence-electron chi connectivity index (χ3n) is 3.70. The molecule has 0 bridgehead atoms. The van der Waals surface area contributed by atoms with Gasteiger partial charge in [0, 0.05) is 25.0 Å². The molecule has 1 amide bonds. The van der Waals surface area contributed by atoms with E-state index in [9.17, 15) is 4.79 Å². The van der Waals surface area contributed by atoms with E-state index in [4.69, 9.17) is 10.5 Å². The number of anilines is 3. The summed E-state index contributed by atoms with van der Waals surface area (Å²) in [5.41, 5.74) is 7.44. The number of benzene rings is 1. The monoisotopic (exact) mass is 328 g/mol. The molecule has 0 saturated carbocycles. The SMILES string of the molecule is CCCN(CC)c1ccc(C(=O)Nc2ccc(OC)c(N)c2)cn1. The van der Waals surface area contributed by atoms with Gasteiger partial charge in [0.25, 0.3) is 5.91 Å². The Kier molecular flexibility index (Phi) is 6.01. The standard InChI is InChI=1S/C18H24N4O2/c1-4-10-22(5-2)17-9-6-13(12-20-17)18(23)21-14-7-8-16(24-3)15(19)11-14/h6-9,11-12H,4-5,10,19H2,1-3H3,(H,21,23). The number of hydrogen-bond donors (Lipinski definition) is 2. The summed E-state index contributed by atoms with van der Waals surface area (Å²) in [5, 5.41) is 2.81. The Bertz CT molecular complexity index is 686. The Balaban J connectivity index is 2.08. The summed E-state index contributed by atoms with van der Waals surface area (Å²) >= 11 is 0. The summed E-state index contributed by atoms with van der Waals surface area (Å²) in [5.74, 6) is 1.23. The number of ether oxygens (including phenoxy) is 1. The fourth-order valence-electron chi connectivity index (χ4n) is 2.43. The van der Waals surface area contributed by atoms with Gasteiger partial charge < -0.3 is 20.7 Å². The quantitative estimate of drug-likeness (QED) is 0.763. The first kappa shape index (κ1) is 17.6. The number of aromatic nitrogens is 1. The number of rotatable bonds is 7. The normalized spacial score (nSPS) is 10.3. The number of carbonyl (C=O) groups excluding carboxylic acids is 1. The van der Waals surface area contributed by atoms with E-state index in [0.29, 0.717) is 22.7 Å². The summed E-state index contributed by atoms with van der Waals surface area (Å²) in [6.07, 6.45) is 2.65. The first-order valence-electron chi connectivity index (χ1n) is 8.04. The largest absolute Gasteiger partial charge is 0.495 e. The molecule has 2 rings (SSSR count). The second kappa shape index (κ2) is 8.19. The van der Waals surface area contributed by atoms with Crippen LogP contribution in [0.5, 0.6) is 5.75 Å². The number of pyridine rings is 1. The molecule has 24 heavy (non-hydrogen) atoms. The minimum absolute atomic E-state index is 0.225. The maximum absolute atomic E-state index is 12.3. The van der Waals surface area contributed by atoms with Crippen LogP contribution in [0.15, 0.2) is 36.5 Å². The van der Waals surface area contributed by atoms with Crippen molar-refractivity contribution in [2.24, 2.45) is 0 Å². The van der Waals surface area contributed by atoms with Crippen LogP contribution in [0.2, 0.25) is 0 Å². The van der Waals surface area contributed by atoms with Crippen molar-refractivity contribution in [3.05, 3.63) is 42.1 Å². The molecule has 0 aliphatic carbocycles. The Labute approximate surface area is 142 Å². The molecule has 1 aromatic carbocycles. The molecule has 0 saturated heterocycles. The molecular formula is C18H24N4O2. The lowest BCUT2D eigenvalue weighted by Crippen LogP contribution is -2.24. The molecule has 0 atom stereocenters. The highest BCUT2D eigenvalue weighted by molar-refractivity contribution is 6.04. The summed E-state index contributed by atoms with van der Waals surface area (Å²) in [6, 6.07) is 8.78. The molecule has 128 valence electrons. The van der Waals surface area contributed by atoms with Crippen LogP contribution < -0.4 is 20.7 Å². The molecule has 1 heterocycles. The third kappa shape index (κ3) is 4.16. The highest BCUT2D eigenvalue weighted by Gasteiger charge is 2.10. The van der Waals surface area contributed by atoms with Crippen LogP contribution in [0.4, 0.5) is 17.2 Å². The van der Waals surface area contributed by atoms with Gasteiger partial charge in [-0.25, -0.2) is 4.98 Å². The number of methoxy groups -OCH3 is 1. The van der Waals surface area contributed by atoms with E-state index in [0.717, 1.165) is 25.3 Å². The van der Waals surface area contributed by atoms with Crippen molar-refractivity contribution in [1.29, 1.82) is 0 Å². The van der Waals surface area contributed by atoms with E-state index in [1.807, 2.05) is 6.07 Å². The van der Waals surface area contributed by atoms with Gasteiger partial charge in [0.15, 0.2) is 0 Å². The van der Waals surface area contributed by atoms with Crippen LogP contribution in [0, 0.1) is 0 Å². The van der Waals surface area contributed by atoms with E-state index in [1.54, 1.807) is 37.6 Å². The van der Waals surface area contributed by atoms with Gasteiger partial charge in [0.1, 0.15) is 11.6 Å². The van der Waals surface area contributed by atoms with E-state index in [2.05, 4.69) is 29.0 Å². The topological polar surface area (TPSA) is 80.5 Å². The van der Waals surface area contributed by atoms with Crippen molar-refractivity contribution in [3.8, 4) is 5.75 Å². The average molecular weight is 328 g/mol. The molecule has 0 radical (unpaired) electrons. The maximum atomic E-state index is 12.3. The van der Waals surface area contributed by atoms with Crippen LogP contribution in [-0.4, -0.2) is 31.1 Å². The van der Waals surface area contributed by atoms with Crippen molar-refractivity contribution in [2.75, 3.05) is 36.1 Å². The maximum Gasteiger partial charge on any atom is 0.257 e. The van der Waals surface area contributed by atoms with Gasteiger partial charge in [-0.2, -0.15) is 0 Å². The summed E-state index contributed by atoms with van der Waals surface area (Å²) in [4.78, 5) is 18.9. The highest BCUT2D eigenvalue weighted by Crippen LogP contribution is 2.25. The lowest BCUT2D eigenvalue weighted by molar-refractivity contribution is 0.102. The Morgan fingerprint density at radius 3 is 2.62 bits per heavy atom. The van der Waals surface area contributed by atoms with E-state index >= 15 is 0 Å². The molecule has 0 aliphatic rings.